The zero-order chi connectivity index (χ0) is 18.7. The summed E-state index contributed by atoms with van der Waals surface area (Å²) in [5, 5.41) is 18.2. The molecule has 0 spiro atoms. The van der Waals surface area contributed by atoms with Gasteiger partial charge in [0.1, 0.15) is 17.1 Å². The summed E-state index contributed by atoms with van der Waals surface area (Å²) < 4.78 is 9.61. The first-order valence-corrected chi connectivity index (χ1v) is 7.90. The number of hydrogen-bond acceptors (Lipinski definition) is 6. The monoisotopic (exact) mass is 346 g/mol. The maximum atomic E-state index is 11.2. The van der Waals surface area contributed by atoms with Crippen molar-refractivity contribution >= 4 is 11.9 Å². The molecule has 0 saturated heterocycles. The van der Waals surface area contributed by atoms with E-state index in [0.717, 1.165) is 6.42 Å². The Morgan fingerprint density at radius 3 is 2.08 bits per heavy atom. The number of carbonyl (C=O) groups is 2. The van der Waals surface area contributed by atoms with Crippen molar-refractivity contribution in [2.75, 3.05) is 13.2 Å². The highest BCUT2D eigenvalue weighted by atomic mass is 16.5. The topological polar surface area (TPSA) is 93.1 Å². The molecule has 0 aliphatic heterocycles. The van der Waals surface area contributed by atoms with Crippen LogP contribution in [0.2, 0.25) is 0 Å². The smallest absolute Gasteiger partial charge is 0.341 e. The Morgan fingerprint density at radius 2 is 1.52 bits per heavy atom. The van der Waals surface area contributed by atoms with Gasteiger partial charge in [-0.15, -0.1) is 0 Å². The van der Waals surface area contributed by atoms with Crippen molar-refractivity contribution < 1.29 is 29.3 Å². The molecule has 0 aromatic heterocycles. The highest BCUT2D eigenvalue weighted by Gasteiger charge is 2.09. The molecule has 6 nitrogen and oxygen atoms in total. The van der Waals surface area contributed by atoms with E-state index in [1.54, 1.807) is 19.1 Å². The van der Waals surface area contributed by atoms with E-state index in [1.165, 1.54) is 36.4 Å². The van der Waals surface area contributed by atoms with Crippen LogP contribution >= 0.6 is 0 Å². The minimum atomic E-state index is -0.490. The molecule has 0 saturated carbocycles. The van der Waals surface area contributed by atoms with Gasteiger partial charge in [-0.1, -0.05) is 19.1 Å². The summed E-state index contributed by atoms with van der Waals surface area (Å²) in [7, 11) is 0. The highest BCUT2D eigenvalue weighted by Crippen LogP contribution is 2.16. The molecule has 2 N–H and O–H groups in total. The van der Waals surface area contributed by atoms with Gasteiger partial charge >= 0.3 is 11.9 Å². The molecule has 0 unspecified atom stereocenters. The molecular weight excluding hydrogens is 324 g/mol. The molecule has 2 rings (SSSR count). The predicted octanol–water partition coefficient (Wildman–Crippen LogP) is 3.53. The Hall–Kier alpha value is -3.02. The van der Waals surface area contributed by atoms with E-state index in [1.807, 2.05) is 6.92 Å². The van der Waals surface area contributed by atoms with E-state index in [0.29, 0.717) is 18.8 Å². The number of para-hydroxylation sites is 1. The summed E-state index contributed by atoms with van der Waals surface area (Å²) in [5.41, 5.74) is 0.672. The minimum absolute atomic E-state index is 0.0454. The van der Waals surface area contributed by atoms with Crippen molar-refractivity contribution in [1.29, 1.82) is 0 Å². The fourth-order valence-corrected chi connectivity index (χ4v) is 1.73. The Bertz CT molecular complexity index is 679. The summed E-state index contributed by atoms with van der Waals surface area (Å²) in [4.78, 5) is 22.3. The second-order valence-corrected chi connectivity index (χ2v) is 4.92. The summed E-state index contributed by atoms with van der Waals surface area (Å²) in [6.45, 7) is 4.40. The van der Waals surface area contributed by atoms with Gasteiger partial charge in [0.25, 0.3) is 0 Å². The van der Waals surface area contributed by atoms with Crippen LogP contribution in [0, 0.1) is 0 Å². The third-order valence-corrected chi connectivity index (χ3v) is 2.94. The first kappa shape index (κ1) is 20.0. The highest BCUT2D eigenvalue weighted by molar-refractivity contribution is 5.92. The maximum Gasteiger partial charge on any atom is 0.341 e. The number of esters is 2. The van der Waals surface area contributed by atoms with Gasteiger partial charge < -0.3 is 19.7 Å². The van der Waals surface area contributed by atoms with Gasteiger partial charge in [0.2, 0.25) is 0 Å². The van der Waals surface area contributed by atoms with Crippen LogP contribution in [-0.2, 0) is 9.47 Å². The normalized spacial score (nSPS) is 9.52. The van der Waals surface area contributed by atoms with E-state index in [9.17, 15) is 14.7 Å². The molecule has 0 aliphatic rings. The lowest BCUT2D eigenvalue weighted by Gasteiger charge is -2.02. The molecular formula is C19H22O6. The van der Waals surface area contributed by atoms with E-state index < -0.39 is 5.97 Å². The summed E-state index contributed by atoms with van der Waals surface area (Å²) in [6, 6.07) is 12.3. The van der Waals surface area contributed by atoms with Crippen LogP contribution in [0.4, 0.5) is 0 Å². The van der Waals surface area contributed by atoms with Gasteiger partial charge in [-0.2, -0.15) is 0 Å². The Labute approximate surface area is 146 Å². The van der Waals surface area contributed by atoms with Crippen LogP contribution < -0.4 is 0 Å². The number of hydrogen-bond donors (Lipinski definition) is 2. The first-order chi connectivity index (χ1) is 12.0. The number of ether oxygens (including phenoxy) is 2. The Kier molecular flexibility index (Phi) is 8.57. The second-order valence-electron chi connectivity index (χ2n) is 4.92. The van der Waals surface area contributed by atoms with Gasteiger partial charge in [-0.05, 0) is 49.7 Å². The largest absolute Gasteiger partial charge is 0.508 e. The number of benzene rings is 2. The molecule has 0 fully saturated rings. The lowest BCUT2D eigenvalue weighted by molar-refractivity contribution is 0.0501. The van der Waals surface area contributed by atoms with Crippen molar-refractivity contribution in [3.8, 4) is 11.5 Å². The molecule has 25 heavy (non-hydrogen) atoms. The number of aromatic hydroxyl groups is 2. The van der Waals surface area contributed by atoms with Crippen molar-refractivity contribution in [3.05, 3.63) is 59.7 Å². The molecule has 134 valence electrons. The fourth-order valence-electron chi connectivity index (χ4n) is 1.73. The lowest BCUT2D eigenvalue weighted by Crippen LogP contribution is -2.05. The zero-order valence-corrected chi connectivity index (χ0v) is 14.3. The predicted molar refractivity (Wildman–Crippen MR) is 92.7 cm³/mol. The minimum Gasteiger partial charge on any atom is -0.508 e. The van der Waals surface area contributed by atoms with Crippen molar-refractivity contribution in [2.45, 2.75) is 20.3 Å². The molecule has 0 amide bonds. The molecule has 0 aliphatic carbocycles. The van der Waals surface area contributed by atoms with Crippen molar-refractivity contribution in [3.63, 3.8) is 0 Å². The van der Waals surface area contributed by atoms with Crippen LogP contribution in [0.3, 0.4) is 0 Å². The quantitative estimate of drug-likeness (QED) is 0.805. The van der Waals surface area contributed by atoms with Crippen molar-refractivity contribution in [2.24, 2.45) is 0 Å². The second kappa shape index (κ2) is 10.7. The summed E-state index contributed by atoms with van der Waals surface area (Å²) in [6.07, 6.45) is 0.809. The summed E-state index contributed by atoms with van der Waals surface area (Å²) >= 11 is 0. The van der Waals surface area contributed by atoms with Gasteiger partial charge in [0.05, 0.1) is 18.8 Å². The van der Waals surface area contributed by atoms with Gasteiger partial charge in [-0.25, -0.2) is 9.59 Å². The molecule has 0 bridgehead atoms. The summed E-state index contributed by atoms with van der Waals surface area (Å²) in [5.74, 6) is -0.736. The molecule has 6 heteroatoms. The SMILES string of the molecule is CCCOC(=O)c1ccc(O)cc1.CCOC(=O)c1ccccc1O. The third kappa shape index (κ3) is 6.95. The molecule has 0 radical (unpaired) electrons. The molecule has 0 heterocycles. The van der Waals surface area contributed by atoms with E-state index in [4.69, 9.17) is 14.6 Å². The number of phenols is 2. The van der Waals surface area contributed by atoms with Gasteiger partial charge in [0.15, 0.2) is 0 Å². The number of rotatable bonds is 5. The average molecular weight is 346 g/mol. The number of carbonyl (C=O) groups excluding carboxylic acids is 2. The first-order valence-electron chi connectivity index (χ1n) is 7.90. The number of phenolic OH excluding ortho intramolecular Hbond substituents is 2. The van der Waals surface area contributed by atoms with E-state index in [-0.39, 0.29) is 23.0 Å². The van der Waals surface area contributed by atoms with E-state index in [2.05, 4.69) is 0 Å². The third-order valence-electron chi connectivity index (χ3n) is 2.94. The van der Waals surface area contributed by atoms with Gasteiger partial charge in [0, 0.05) is 0 Å². The molecule has 0 atom stereocenters. The van der Waals surface area contributed by atoms with Crippen LogP contribution in [0.1, 0.15) is 41.0 Å². The average Bonchev–Trinajstić information content (AvgIpc) is 2.61. The van der Waals surface area contributed by atoms with Gasteiger partial charge in [-0.3, -0.25) is 0 Å². The molecule has 2 aromatic carbocycles. The van der Waals surface area contributed by atoms with Crippen molar-refractivity contribution in [1.82, 2.24) is 0 Å². The van der Waals surface area contributed by atoms with Crippen LogP contribution in [0.5, 0.6) is 11.5 Å². The zero-order valence-electron chi connectivity index (χ0n) is 14.3. The molecule has 2 aromatic rings. The Morgan fingerprint density at radius 1 is 0.880 bits per heavy atom. The fraction of sp³-hybridized carbons (Fsp3) is 0.263. The van der Waals surface area contributed by atoms with E-state index >= 15 is 0 Å². The lowest BCUT2D eigenvalue weighted by atomic mass is 10.2. The van der Waals surface area contributed by atoms with Crippen LogP contribution in [-0.4, -0.2) is 35.4 Å². The standard InChI is InChI=1S/C10H12O3.C9H10O3/c1-2-7-13-10(12)8-3-5-9(11)6-4-8;1-2-12-9(11)7-5-3-4-6-8(7)10/h3-6,11H,2,7H2,1H3;3-6,10H,2H2,1H3. The Balaban J connectivity index is 0.000000251. The van der Waals surface area contributed by atoms with Crippen LogP contribution in [0.15, 0.2) is 48.5 Å². The maximum absolute atomic E-state index is 11.2. The van der Waals surface area contributed by atoms with Crippen LogP contribution in [0.25, 0.3) is 0 Å².